The molecular weight excluding hydrogens is 110 g/mol. The van der Waals surface area contributed by atoms with Gasteiger partial charge >= 0.3 is 0 Å². The first kappa shape index (κ1) is 8.44. The standard InChI is InChI=1S/C8H15N/c1-2-3-4-5-6-7-8-9/h2-3,5-6H,4,7-9H2,1H3. The Kier molecular flexibility index (Phi) is 6.98. The van der Waals surface area contributed by atoms with Gasteiger partial charge in [0.2, 0.25) is 0 Å². The van der Waals surface area contributed by atoms with Crippen LogP contribution in [0.1, 0.15) is 19.8 Å². The maximum atomic E-state index is 5.27. The van der Waals surface area contributed by atoms with E-state index in [9.17, 15) is 0 Å². The van der Waals surface area contributed by atoms with Crippen molar-refractivity contribution in [1.82, 2.24) is 0 Å². The minimum atomic E-state index is 0.756. The van der Waals surface area contributed by atoms with Crippen molar-refractivity contribution in [3.8, 4) is 0 Å². The van der Waals surface area contributed by atoms with Gasteiger partial charge in [-0.05, 0) is 26.3 Å². The number of rotatable bonds is 4. The lowest BCUT2D eigenvalue weighted by Crippen LogP contribution is -1.94. The predicted octanol–water partition coefficient (Wildman–Crippen LogP) is 1.86. The van der Waals surface area contributed by atoms with Gasteiger partial charge in [0.15, 0.2) is 0 Å². The smallest absolute Gasteiger partial charge is 0.00426 e. The first-order valence-corrected chi connectivity index (χ1v) is 3.38. The Bertz CT molecular complexity index is 92.7. The zero-order valence-electron chi connectivity index (χ0n) is 6.01. The summed E-state index contributed by atoms with van der Waals surface area (Å²) in [6.07, 6.45) is 10.4. The Morgan fingerprint density at radius 3 is 2.56 bits per heavy atom. The zero-order chi connectivity index (χ0) is 6.95. The van der Waals surface area contributed by atoms with Crippen molar-refractivity contribution in [3.63, 3.8) is 0 Å². The normalized spacial score (nSPS) is 11.8. The summed E-state index contributed by atoms with van der Waals surface area (Å²) in [7, 11) is 0. The average Bonchev–Trinajstić information content (AvgIpc) is 1.89. The topological polar surface area (TPSA) is 26.0 Å². The van der Waals surface area contributed by atoms with Crippen LogP contribution in [-0.4, -0.2) is 6.54 Å². The molecule has 0 radical (unpaired) electrons. The lowest BCUT2D eigenvalue weighted by atomic mass is 10.3. The van der Waals surface area contributed by atoms with Crippen LogP contribution in [0, 0.1) is 0 Å². The summed E-state index contributed by atoms with van der Waals surface area (Å²) in [5.41, 5.74) is 5.27. The highest BCUT2D eigenvalue weighted by Gasteiger charge is 1.70. The summed E-state index contributed by atoms with van der Waals surface area (Å²) in [5.74, 6) is 0. The summed E-state index contributed by atoms with van der Waals surface area (Å²) >= 11 is 0. The monoisotopic (exact) mass is 125 g/mol. The van der Waals surface area contributed by atoms with E-state index >= 15 is 0 Å². The summed E-state index contributed by atoms with van der Waals surface area (Å²) in [6.45, 7) is 2.78. The second-order valence-electron chi connectivity index (χ2n) is 1.85. The van der Waals surface area contributed by atoms with Crippen LogP contribution in [0.15, 0.2) is 24.3 Å². The fourth-order valence-corrected chi connectivity index (χ4v) is 0.525. The molecule has 0 unspecified atom stereocenters. The van der Waals surface area contributed by atoms with Gasteiger partial charge in [-0.25, -0.2) is 0 Å². The molecule has 0 aromatic rings. The highest BCUT2D eigenvalue weighted by Crippen LogP contribution is 1.86. The molecule has 0 aromatic carbocycles. The van der Waals surface area contributed by atoms with Gasteiger partial charge in [0.1, 0.15) is 0 Å². The van der Waals surface area contributed by atoms with Crippen LogP contribution in [0.2, 0.25) is 0 Å². The molecule has 52 valence electrons. The van der Waals surface area contributed by atoms with E-state index < -0.39 is 0 Å². The molecule has 0 bridgehead atoms. The Labute approximate surface area is 57.3 Å². The SMILES string of the molecule is CC=CCC=CCCN. The predicted molar refractivity (Wildman–Crippen MR) is 42.2 cm³/mol. The quantitative estimate of drug-likeness (QED) is 0.570. The second-order valence-corrected chi connectivity index (χ2v) is 1.85. The summed E-state index contributed by atoms with van der Waals surface area (Å²) in [5, 5.41) is 0. The molecule has 1 nitrogen and oxygen atoms in total. The molecule has 2 N–H and O–H groups in total. The van der Waals surface area contributed by atoms with Crippen LogP contribution in [0.5, 0.6) is 0 Å². The minimum Gasteiger partial charge on any atom is -0.330 e. The van der Waals surface area contributed by atoms with Crippen LogP contribution in [-0.2, 0) is 0 Å². The molecule has 0 amide bonds. The zero-order valence-corrected chi connectivity index (χ0v) is 6.01. The Hall–Kier alpha value is -0.560. The van der Waals surface area contributed by atoms with E-state index in [2.05, 4.69) is 18.2 Å². The fourth-order valence-electron chi connectivity index (χ4n) is 0.525. The molecule has 0 atom stereocenters. The van der Waals surface area contributed by atoms with Gasteiger partial charge in [-0.3, -0.25) is 0 Å². The Morgan fingerprint density at radius 1 is 1.22 bits per heavy atom. The molecule has 0 heterocycles. The molecule has 0 aliphatic heterocycles. The molecule has 0 aliphatic carbocycles. The maximum Gasteiger partial charge on any atom is -0.00426 e. The minimum absolute atomic E-state index is 0.756. The Balaban J connectivity index is 3.04. The van der Waals surface area contributed by atoms with Crippen molar-refractivity contribution in [3.05, 3.63) is 24.3 Å². The molecule has 9 heavy (non-hydrogen) atoms. The molecule has 1 heteroatoms. The Morgan fingerprint density at radius 2 is 2.00 bits per heavy atom. The van der Waals surface area contributed by atoms with E-state index in [-0.39, 0.29) is 0 Å². The largest absolute Gasteiger partial charge is 0.330 e. The van der Waals surface area contributed by atoms with E-state index in [0.29, 0.717) is 0 Å². The third kappa shape index (κ3) is 7.44. The van der Waals surface area contributed by atoms with Gasteiger partial charge in [0.25, 0.3) is 0 Å². The molecule has 0 fully saturated rings. The van der Waals surface area contributed by atoms with E-state index in [0.717, 1.165) is 19.4 Å². The number of allylic oxidation sites excluding steroid dienone is 3. The van der Waals surface area contributed by atoms with E-state index in [1.54, 1.807) is 0 Å². The van der Waals surface area contributed by atoms with Crippen molar-refractivity contribution < 1.29 is 0 Å². The van der Waals surface area contributed by atoms with Gasteiger partial charge in [-0.1, -0.05) is 24.3 Å². The van der Waals surface area contributed by atoms with Crippen molar-refractivity contribution in [1.29, 1.82) is 0 Å². The van der Waals surface area contributed by atoms with Gasteiger partial charge in [-0.2, -0.15) is 0 Å². The number of hydrogen-bond acceptors (Lipinski definition) is 1. The van der Waals surface area contributed by atoms with Gasteiger partial charge < -0.3 is 5.73 Å². The van der Waals surface area contributed by atoms with Crippen molar-refractivity contribution >= 4 is 0 Å². The number of hydrogen-bond donors (Lipinski definition) is 1. The summed E-state index contributed by atoms with van der Waals surface area (Å²) < 4.78 is 0. The highest BCUT2D eigenvalue weighted by molar-refractivity contribution is 4.91. The van der Waals surface area contributed by atoms with Crippen LogP contribution in [0.4, 0.5) is 0 Å². The molecule has 0 saturated carbocycles. The van der Waals surface area contributed by atoms with Crippen LogP contribution in [0.3, 0.4) is 0 Å². The highest BCUT2D eigenvalue weighted by atomic mass is 14.5. The molecule has 0 rings (SSSR count). The van der Waals surface area contributed by atoms with Crippen LogP contribution >= 0.6 is 0 Å². The third-order valence-corrected chi connectivity index (χ3v) is 1.01. The first-order chi connectivity index (χ1) is 4.41. The number of nitrogens with two attached hydrogens (primary N) is 1. The summed E-state index contributed by atoms with van der Waals surface area (Å²) in [4.78, 5) is 0. The first-order valence-electron chi connectivity index (χ1n) is 3.38. The van der Waals surface area contributed by atoms with Crippen molar-refractivity contribution in [2.45, 2.75) is 19.8 Å². The molecule has 0 aromatic heterocycles. The van der Waals surface area contributed by atoms with Crippen LogP contribution < -0.4 is 5.73 Å². The molecule has 0 aliphatic rings. The third-order valence-electron chi connectivity index (χ3n) is 1.01. The summed E-state index contributed by atoms with van der Waals surface area (Å²) in [6, 6.07) is 0. The lowest BCUT2D eigenvalue weighted by Gasteiger charge is -1.82. The van der Waals surface area contributed by atoms with E-state index in [4.69, 9.17) is 5.73 Å². The van der Waals surface area contributed by atoms with Crippen molar-refractivity contribution in [2.75, 3.05) is 6.54 Å². The van der Waals surface area contributed by atoms with Gasteiger partial charge in [0.05, 0.1) is 0 Å². The molecule has 0 spiro atoms. The molecular formula is C8H15N. The van der Waals surface area contributed by atoms with Crippen LogP contribution in [0.25, 0.3) is 0 Å². The maximum absolute atomic E-state index is 5.27. The molecule has 0 saturated heterocycles. The fraction of sp³-hybridized carbons (Fsp3) is 0.500. The average molecular weight is 125 g/mol. The van der Waals surface area contributed by atoms with E-state index in [1.165, 1.54) is 0 Å². The van der Waals surface area contributed by atoms with Crippen molar-refractivity contribution in [2.24, 2.45) is 5.73 Å². The second kappa shape index (κ2) is 7.44. The van der Waals surface area contributed by atoms with Gasteiger partial charge in [0, 0.05) is 0 Å². The van der Waals surface area contributed by atoms with Gasteiger partial charge in [-0.15, -0.1) is 0 Å². The lowest BCUT2D eigenvalue weighted by molar-refractivity contribution is 1.00. The van der Waals surface area contributed by atoms with E-state index in [1.807, 2.05) is 13.0 Å².